The molecule has 0 saturated carbocycles. The van der Waals surface area contributed by atoms with Gasteiger partial charge in [0.1, 0.15) is 17.2 Å². The van der Waals surface area contributed by atoms with E-state index in [0.29, 0.717) is 11.5 Å². The minimum atomic E-state index is -0.412. The van der Waals surface area contributed by atoms with Crippen LogP contribution in [-0.4, -0.2) is 25.8 Å². The Balaban J connectivity index is 1.58. The lowest BCUT2D eigenvalue weighted by molar-refractivity contribution is 0.0945. The van der Waals surface area contributed by atoms with E-state index in [4.69, 9.17) is 5.73 Å². The van der Waals surface area contributed by atoms with Crippen LogP contribution in [0.4, 0.5) is 10.2 Å². The lowest BCUT2D eigenvalue weighted by Gasteiger charge is -2.07. The summed E-state index contributed by atoms with van der Waals surface area (Å²) in [6.45, 7) is 2.23. The highest BCUT2D eigenvalue weighted by Crippen LogP contribution is 2.23. The van der Waals surface area contributed by atoms with E-state index in [1.165, 1.54) is 18.3 Å². The van der Waals surface area contributed by atoms with Gasteiger partial charge in [-0.1, -0.05) is 18.2 Å². The summed E-state index contributed by atoms with van der Waals surface area (Å²) in [6, 6.07) is 11.7. The molecule has 2 aromatic heterocycles. The van der Waals surface area contributed by atoms with Gasteiger partial charge in [0.15, 0.2) is 11.6 Å². The van der Waals surface area contributed by atoms with E-state index in [1.54, 1.807) is 12.1 Å². The number of carbonyl (C=O) groups is 1. The molecule has 0 atom stereocenters. The van der Waals surface area contributed by atoms with Crippen LogP contribution in [0, 0.1) is 12.7 Å². The normalized spacial score (nSPS) is 10.9. The average Bonchev–Trinajstić information content (AvgIpc) is 3.10. The van der Waals surface area contributed by atoms with Crippen molar-refractivity contribution in [2.45, 2.75) is 13.5 Å². The first-order valence-corrected chi connectivity index (χ1v) is 8.61. The van der Waals surface area contributed by atoms with E-state index in [0.717, 1.165) is 22.2 Å². The van der Waals surface area contributed by atoms with Crippen LogP contribution in [0.2, 0.25) is 0 Å². The molecule has 7 nitrogen and oxygen atoms in total. The molecule has 8 heteroatoms. The Morgan fingerprint density at radius 3 is 2.75 bits per heavy atom. The van der Waals surface area contributed by atoms with Crippen LogP contribution < -0.4 is 11.1 Å². The molecule has 4 N–H and O–H groups in total. The maximum absolute atomic E-state index is 13.0. The van der Waals surface area contributed by atoms with Gasteiger partial charge in [-0.3, -0.25) is 4.79 Å². The summed E-state index contributed by atoms with van der Waals surface area (Å²) in [5.41, 5.74) is 9.86. The number of rotatable bonds is 4. The molecule has 0 unspecified atom stereocenters. The average molecular weight is 376 g/mol. The van der Waals surface area contributed by atoms with E-state index in [-0.39, 0.29) is 23.9 Å². The number of halogens is 1. The molecule has 2 aromatic carbocycles. The van der Waals surface area contributed by atoms with Crippen LogP contribution in [0.15, 0.2) is 48.7 Å². The number of H-pyrrole nitrogens is 1. The standard InChI is InChI=1S/C20H17FN6O/c1-11-2-7-14-15(8-11)27-19(26-14)17-18(22)23-10-16(25-17)20(28)24-9-12-3-5-13(21)6-4-12/h2-8,10H,9H2,1H3,(H2,22,23)(H,24,28)(H,26,27). The van der Waals surface area contributed by atoms with E-state index >= 15 is 0 Å². The van der Waals surface area contributed by atoms with Gasteiger partial charge in [-0.05, 0) is 42.3 Å². The third kappa shape index (κ3) is 3.52. The number of nitrogens with one attached hydrogen (secondary N) is 2. The van der Waals surface area contributed by atoms with Crippen molar-refractivity contribution < 1.29 is 9.18 Å². The predicted octanol–water partition coefficient (Wildman–Crippen LogP) is 2.98. The van der Waals surface area contributed by atoms with Gasteiger partial charge in [0.2, 0.25) is 0 Å². The number of anilines is 1. The topological polar surface area (TPSA) is 110 Å². The second-order valence-electron chi connectivity index (χ2n) is 6.40. The minimum absolute atomic E-state index is 0.114. The van der Waals surface area contributed by atoms with Gasteiger partial charge in [-0.2, -0.15) is 0 Å². The fourth-order valence-corrected chi connectivity index (χ4v) is 2.79. The number of nitrogens with zero attached hydrogens (tertiary/aromatic N) is 3. The summed E-state index contributed by atoms with van der Waals surface area (Å²) in [7, 11) is 0. The highest BCUT2D eigenvalue weighted by Gasteiger charge is 2.16. The Kier molecular flexibility index (Phi) is 4.44. The molecule has 0 spiro atoms. The molecule has 2 heterocycles. The second-order valence-corrected chi connectivity index (χ2v) is 6.40. The Labute approximate surface area is 159 Å². The number of nitrogen functional groups attached to an aromatic ring is 1. The summed E-state index contributed by atoms with van der Waals surface area (Å²) < 4.78 is 13.0. The fraction of sp³-hybridized carbons (Fsp3) is 0.100. The maximum atomic E-state index is 13.0. The first kappa shape index (κ1) is 17.6. The third-order valence-corrected chi connectivity index (χ3v) is 4.26. The molecule has 0 saturated heterocycles. The van der Waals surface area contributed by atoms with Gasteiger partial charge in [0, 0.05) is 6.54 Å². The number of imidazole rings is 1. The smallest absolute Gasteiger partial charge is 0.271 e. The monoisotopic (exact) mass is 376 g/mol. The summed E-state index contributed by atoms with van der Waals surface area (Å²) in [4.78, 5) is 28.5. The molecule has 140 valence electrons. The van der Waals surface area contributed by atoms with E-state index in [2.05, 4.69) is 25.3 Å². The van der Waals surface area contributed by atoms with Gasteiger partial charge >= 0.3 is 0 Å². The van der Waals surface area contributed by atoms with Crippen LogP contribution in [0.25, 0.3) is 22.6 Å². The maximum Gasteiger partial charge on any atom is 0.271 e. The van der Waals surface area contributed by atoms with Crippen molar-refractivity contribution in [3.05, 3.63) is 71.3 Å². The summed E-state index contributed by atoms with van der Waals surface area (Å²) in [5, 5.41) is 2.73. The minimum Gasteiger partial charge on any atom is -0.382 e. The Hall–Kier alpha value is -3.81. The Bertz CT molecular complexity index is 1170. The second kappa shape index (κ2) is 7.07. The highest BCUT2D eigenvalue weighted by molar-refractivity contribution is 5.93. The molecule has 28 heavy (non-hydrogen) atoms. The molecule has 0 aliphatic carbocycles. The number of amides is 1. The number of benzene rings is 2. The molecule has 0 aliphatic rings. The van der Waals surface area contributed by atoms with Gasteiger partial charge < -0.3 is 16.0 Å². The van der Waals surface area contributed by atoms with E-state index in [1.807, 2.05) is 25.1 Å². The Morgan fingerprint density at radius 1 is 1.18 bits per heavy atom. The van der Waals surface area contributed by atoms with Crippen LogP contribution in [0.3, 0.4) is 0 Å². The van der Waals surface area contributed by atoms with Gasteiger partial charge in [-0.25, -0.2) is 19.3 Å². The van der Waals surface area contributed by atoms with Crippen LogP contribution >= 0.6 is 0 Å². The fourth-order valence-electron chi connectivity index (χ4n) is 2.79. The molecule has 0 aliphatic heterocycles. The zero-order valence-electron chi connectivity index (χ0n) is 15.0. The number of carbonyl (C=O) groups excluding carboxylic acids is 1. The molecule has 0 bridgehead atoms. The molecule has 4 aromatic rings. The molecule has 0 radical (unpaired) electrons. The lowest BCUT2D eigenvalue weighted by atomic mass is 10.2. The first-order chi connectivity index (χ1) is 13.5. The number of hydrogen-bond donors (Lipinski definition) is 3. The number of fused-ring (bicyclic) bond motifs is 1. The van der Waals surface area contributed by atoms with E-state index < -0.39 is 5.91 Å². The number of aromatic amines is 1. The van der Waals surface area contributed by atoms with Crippen molar-refractivity contribution in [3.63, 3.8) is 0 Å². The van der Waals surface area contributed by atoms with Crippen molar-refractivity contribution >= 4 is 22.8 Å². The number of aryl methyl sites for hydroxylation is 1. The lowest BCUT2D eigenvalue weighted by Crippen LogP contribution is -2.24. The van der Waals surface area contributed by atoms with Crippen molar-refractivity contribution in [2.24, 2.45) is 0 Å². The molecule has 1 amide bonds. The third-order valence-electron chi connectivity index (χ3n) is 4.26. The summed E-state index contributed by atoms with van der Waals surface area (Å²) >= 11 is 0. The quantitative estimate of drug-likeness (QED) is 0.507. The van der Waals surface area contributed by atoms with Gasteiger partial charge in [-0.15, -0.1) is 0 Å². The van der Waals surface area contributed by atoms with Gasteiger partial charge in [0.05, 0.1) is 17.2 Å². The van der Waals surface area contributed by atoms with Crippen LogP contribution in [-0.2, 0) is 6.54 Å². The van der Waals surface area contributed by atoms with Crippen LogP contribution in [0.1, 0.15) is 21.6 Å². The number of nitrogens with two attached hydrogens (primary N) is 1. The van der Waals surface area contributed by atoms with E-state index in [9.17, 15) is 9.18 Å². The van der Waals surface area contributed by atoms with Crippen molar-refractivity contribution in [1.82, 2.24) is 25.3 Å². The SMILES string of the molecule is Cc1ccc2nc(-c3nc(C(=O)NCc4ccc(F)cc4)cnc3N)[nH]c2c1. The zero-order valence-corrected chi connectivity index (χ0v) is 15.0. The van der Waals surface area contributed by atoms with Gasteiger partial charge in [0.25, 0.3) is 5.91 Å². The number of hydrogen-bond acceptors (Lipinski definition) is 5. The first-order valence-electron chi connectivity index (χ1n) is 8.61. The highest BCUT2D eigenvalue weighted by atomic mass is 19.1. The summed E-state index contributed by atoms with van der Waals surface area (Å²) in [6.07, 6.45) is 1.31. The van der Waals surface area contributed by atoms with Crippen LogP contribution in [0.5, 0.6) is 0 Å². The summed E-state index contributed by atoms with van der Waals surface area (Å²) in [5.74, 6) is -0.125. The van der Waals surface area contributed by atoms with Crippen molar-refractivity contribution in [3.8, 4) is 11.5 Å². The van der Waals surface area contributed by atoms with Crippen molar-refractivity contribution in [2.75, 3.05) is 5.73 Å². The zero-order chi connectivity index (χ0) is 19.7. The molecule has 0 fully saturated rings. The molecule has 4 rings (SSSR count). The van der Waals surface area contributed by atoms with Crippen molar-refractivity contribution in [1.29, 1.82) is 0 Å². The predicted molar refractivity (Wildman–Crippen MR) is 104 cm³/mol. The molecular weight excluding hydrogens is 359 g/mol. The largest absolute Gasteiger partial charge is 0.382 e. The Morgan fingerprint density at radius 2 is 1.96 bits per heavy atom. The number of aromatic nitrogens is 4. The molecular formula is C20H17FN6O.